The molecule has 2 rings (SSSR count). The minimum absolute atomic E-state index is 0.0831. The third-order valence-electron chi connectivity index (χ3n) is 3.24. The highest BCUT2D eigenvalue weighted by molar-refractivity contribution is 9.10. The fourth-order valence-corrected chi connectivity index (χ4v) is 3.63. The number of hydrogen-bond donors (Lipinski definition) is 1. The highest BCUT2D eigenvalue weighted by Gasteiger charge is 2.17. The molecule has 1 N–H and O–H groups in total. The van der Waals surface area contributed by atoms with Gasteiger partial charge in [0.15, 0.2) is 0 Å². The van der Waals surface area contributed by atoms with E-state index in [0.29, 0.717) is 15.9 Å². The van der Waals surface area contributed by atoms with Crippen molar-refractivity contribution in [2.45, 2.75) is 19.4 Å². The van der Waals surface area contributed by atoms with Crippen LogP contribution in [0.5, 0.6) is 0 Å². The van der Waals surface area contributed by atoms with E-state index in [9.17, 15) is 4.39 Å². The first-order valence-electron chi connectivity index (χ1n) is 6.64. The Morgan fingerprint density at radius 1 is 1.24 bits per heavy atom. The molecule has 1 nitrogen and oxygen atoms in total. The van der Waals surface area contributed by atoms with Gasteiger partial charge in [0.05, 0.1) is 4.47 Å². The van der Waals surface area contributed by atoms with Gasteiger partial charge in [-0.25, -0.2) is 4.39 Å². The fourth-order valence-electron chi connectivity index (χ4n) is 2.25. The molecule has 0 saturated heterocycles. The molecule has 21 heavy (non-hydrogen) atoms. The summed E-state index contributed by atoms with van der Waals surface area (Å²) in [7, 11) is 0. The smallest absolute Gasteiger partial charge is 0.137 e. The predicted octanol–water partition coefficient (Wildman–Crippen LogP) is 5.90. The van der Waals surface area contributed by atoms with Crippen LogP contribution in [0.4, 0.5) is 4.39 Å². The molecule has 0 aliphatic rings. The second-order valence-electron chi connectivity index (χ2n) is 4.69. The second kappa shape index (κ2) is 7.73. The van der Waals surface area contributed by atoms with Gasteiger partial charge in [-0.2, -0.15) is 0 Å². The quantitative estimate of drug-likeness (QED) is 0.617. The van der Waals surface area contributed by atoms with Gasteiger partial charge in [0.1, 0.15) is 5.82 Å². The first kappa shape index (κ1) is 16.9. The van der Waals surface area contributed by atoms with Crippen molar-refractivity contribution in [1.29, 1.82) is 0 Å². The molecule has 5 heteroatoms. The summed E-state index contributed by atoms with van der Waals surface area (Å²) in [4.78, 5) is 0. The number of nitrogens with one attached hydrogen (secondary N) is 1. The molecule has 0 aliphatic heterocycles. The summed E-state index contributed by atoms with van der Waals surface area (Å²) in [5, 5.41) is 4.13. The Hall–Kier alpha value is -0.420. The normalized spacial score (nSPS) is 12.4. The number of halogens is 4. The summed E-state index contributed by atoms with van der Waals surface area (Å²) in [6.45, 7) is 2.88. The van der Waals surface area contributed by atoms with Crippen LogP contribution in [0, 0.1) is 5.82 Å². The lowest BCUT2D eigenvalue weighted by Gasteiger charge is -2.21. The van der Waals surface area contributed by atoms with Crippen LogP contribution in [0.1, 0.15) is 24.1 Å². The average molecular weight is 436 g/mol. The van der Waals surface area contributed by atoms with E-state index in [4.69, 9.17) is 11.6 Å². The molecule has 0 spiro atoms. The molecular weight excluding hydrogens is 420 g/mol. The van der Waals surface area contributed by atoms with Crippen LogP contribution in [0.2, 0.25) is 5.02 Å². The summed E-state index contributed by atoms with van der Waals surface area (Å²) in [6.07, 6.45) is 0.687. The molecular formula is C16H15Br2ClFN. The van der Waals surface area contributed by atoms with Crippen molar-refractivity contribution in [1.82, 2.24) is 5.32 Å². The molecule has 0 fully saturated rings. The Labute approximate surface area is 146 Å². The third-order valence-corrected chi connectivity index (χ3v) is 5.05. The average Bonchev–Trinajstić information content (AvgIpc) is 2.43. The molecule has 1 atom stereocenters. The van der Waals surface area contributed by atoms with E-state index in [2.05, 4.69) is 44.1 Å². The lowest BCUT2D eigenvalue weighted by Crippen LogP contribution is -2.23. The van der Waals surface area contributed by atoms with E-state index in [1.165, 1.54) is 6.07 Å². The van der Waals surface area contributed by atoms with Crippen molar-refractivity contribution < 1.29 is 4.39 Å². The molecule has 112 valence electrons. The van der Waals surface area contributed by atoms with Crippen molar-refractivity contribution in [2.24, 2.45) is 0 Å². The van der Waals surface area contributed by atoms with Crippen LogP contribution >= 0.6 is 43.5 Å². The van der Waals surface area contributed by atoms with E-state index in [1.807, 2.05) is 24.3 Å². The molecule has 0 amide bonds. The van der Waals surface area contributed by atoms with E-state index in [1.54, 1.807) is 6.07 Å². The summed E-state index contributed by atoms with van der Waals surface area (Å²) in [6, 6.07) is 10.9. The molecule has 1 unspecified atom stereocenters. The third kappa shape index (κ3) is 4.28. The van der Waals surface area contributed by atoms with Gasteiger partial charge >= 0.3 is 0 Å². The molecule has 2 aromatic carbocycles. The largest absolute Gasteiger partial charge is 0.310 e. The number of benzene rings is 2. The van der Waals surface area contributed by atoms with Gasteiger partial charge in [0.25, 0.3) is 0 Å². The summed E-state index contributed by atoms with van der Waals surface area (Å²) >= 11 is 12.9. The van der Waals surface area contributed by atoms with Gasteiger partial charge < -0.3 is 5.32 Å². The SMILES string of the molecule is CCNC(Cc1cccc(F)c1Br)c1ccc(Cl)cc1Br. The van der Waals surface area contributed by atoms with E-state index < -0.39 is 0 Å². The number of hydrogen-bond acceptors (Lipinski definition) is 1. The lowest BCUT2D eigenvalue weighted by molar-refractivity contribution is 0.543. The van der Waals surface area contributed by atoms with Gasteiger partial charge in [-0.05, 0) is 58.2 Å². The Bertz CT molecular complexity index is 634. The highest BCUT2D eigenvalue weighted by Crippen LogP contribution is 2.31. The molecule has 0 aromatic heterocycles. The zero-order valence-corrected chi connectivity index (χ0v) is 15.4. The second-order valence-corrected chi connectivity index (χ2v) is 6.78. The molecule has 0 radical (unpaired) electrons. The van der Waals surface area contributed by atoms with Crippen molar-refractivity contribution >= 4 is 43.5 Å². The number of rotatable bonds is 5. The van der Waals surface area contributed by atoms with Crippen molar-refractivity contribution in [2.75, 3.05) is 6.54 Å². The van der Waals surface area contributed by atoms with Crippen molar-refractivity contribution in [3.8, 4) is 0 Å². The number of likely N-dealkylation sites (N-methyl/N-ethyl adjacent to an activating group) is 1. The summed E-state index contributed by atoms with van der Waals surface area (Å²) in [5.41, 5.74) is 2.04. The van der Waals surface area contributed by atoms with Gasteiger partial charge in [-0.15, -0.1) is 0 Å². The van der Waals surface area contributed by atoms with Crippen molar-refractivity contribution in [3.63, 3.8) is 0 Å². The molecule has 0 aliphatic carbocycles. The van der Waals surface area contributed by atoms with Crippen LogP contribution in [0.15, 0.2) is 45.3 Å². The molecule has 0 heterocycles. The Morgan fingerprint density at radius 2 is 2.00 bits per heavy atom. The van der Waals surface area contributed by atoms with Crippen LogP contribution in [0.3, 0.4) is 0 Å². The molecule has 2 aromatic rings. The van der Waals surface area contributed by atoms with Gasteiger partial charge in [-0.1, -0.05) is 52.7 Å². The maximum atomic E-state index is 13.7. The van der Waals surface area contributed by atoms with Crippen LogP contribution in [0.25, 0.3) is 0 Å². The summed E-state index contributed by atoms with van der Waals surface area (Å²) < 4.78 is 15.1. The molecule has 0 saturated carbocycles. The summed E-state index contributed by atoms with van der Waals surface area (Å²) in [5.74, 6) is -0.238. The van der Waals surface area contributed by atoms with E-state index >= 15 is 0 Å². The van der Waals surface area contributed by atoms with Crippen LogP contribution in [-0.4, -0.2) is 6.54 Å². The maximum absolute atomic E-state index is 13.7. The van der Waals surface area contributed by atoms with Crippen molar-refractivity contribution in [3.05, 3.63) is 67.3 Å². The minimum atomic E-state index is -0.238. The van der Waals surface area contributed by atoms with Gasteiger partial charge in [0, 0.05) is 15.5 Å². The molecule has 0 bridgehead atoms. The van der Waals surface area contributed by atoms with Gasteiger partial charge in [-0.3, -0.25) is 0 Å². The zero-order chi connectivity index (χ0) is 15.4. The first-order valence-corrected chi connectivity index (χ1v) is 8.60. The Balaban J connectivity index is 2.33. The standard InChI is InChI=1S/C16H15Br2ClFN/c1-2-21-15(12-7-6-11(19)9-13(12)17)8-10-4-3-5-14(20)16(10)18/h3-7,9,15,21H,2,8H2,1H3. The topological polar surface area (TPSA) is 12.0 Å². The Kier molecular flexibility index (Phi) is 6.23. The minimum Gasteiger partial charge on any atom is -0.310 e. The Morgan fingerprint density at radius 3 is 2.67 bits per heavy atom. The van der Waals surface area contributed by atoms with Crippen LogP contribution < -0.4 is 5.32 Å². The highest BCUT2D eigenvalue weighted by atomic mass is 79.9. The van der Waals surface area contributed by atoms with E-state index in [0.717, 1.165) is 22.1 Å². The van der Waals surface area contributed by atoms with Crippen LogP contribution in [-0.2, 0) is 6.42 Å². The zero-order valence-electron chi connectivity index (χ0n) is 11.5. The maximum Gasteiger partial charge on any atom is 0.137 e. The van der Waals surface area contributed by atoms with Gasteiger partial charge in [0.2, 0.25) is 0 Å². The lowest BCUT2D eigenvalue weighted by atomic mass is 9.98. The van der Waals surface area contributed by atoms with E-state index in [-0.39, 0.29) is 11.9 Å². The predicted molar refractivity (Wildman–Crippen MR) is 93.4 cm³/mol. The monoisotopic (exact) mass is 433 g/mol. The fraction of sp³-hybridized carbons (Fsp3) is 0.250. The first-order chi connectivity index (χ1) is 10.0.